The number of hydrogen-bond donors (Lipinski definition) is 0. The zero-order valence-electron chi connectivity index (χ0n) is 11.4. The second kappa shape index (κ2) is 4.87. The Labute approximate surface area is 113 Å². The number of rotatable bonds is 3. The van der Waals surface area contributed by atoms with E-state index in [0.717, 1.165) is 38.6 Å². The summed E-state index contributed by atoms with van der Waals surface area (Å²) in [6.07, 6.45) is 6.81. The molecule has 1 aromatic heterocycles. The van der Waals surface area contributed by atoms with Crippen LogP contribution in [-0.2, 0) is 17.8 Å². The van der Waals surface area contributed by atoms with E-state index in [1.807, 2.05) is 0 Å². The number of aromatic nitrogens is 3. The molecule has 2 aliphatic heterocycles. The first-order chi connectivity index (χ1) is 9.40. The molecular weight excluding hydrogens is 240 g/mol. The van der Waals surface area contributed by atoms with E-state index in [1.54, 1.807) is 0 Å². The highest BCUT2D eigenvalue weighted by Crippen LogP contribution is 2.39. The lowest BCUT2D eigenvalue weighted by molar-refractivity contribution is -0.0105. The Bertz CT molecular complexity index is 448. The number of ether oxygens (including phenoxy) is 1. The highest BCUT2D eigenvalue weighted by atomic mass is 16.5. The van der Waals surface area contributed by atoms with Crippen LogP contribution in [0, 0.1) is 0 Å². The number of fused-ring (bicyclic) bond motifs is 1. The molecule has 1 aromatic rings. The lowest BCUT2D eigenvalue weighted by atomic mass is 10.1. The van der Waals surface area contributed by atoms with Gasteiger partial charge in [-0.05, 0) is 32.1 Å². The van der Waals surface area contributed by atoms with E-state index in [-0.39, 0.29) is 0 Å². The second-order valence-electron chi connectivity index (χ2n) is 6.12. The van der Waals surface area contributed by atoms with E-state index in [4.69, 9.17) is 4.74 Å². The molecule has 3 aliphatic rings. The van der Waals surface area contributed by atoms with Crippen LogP contribution >= 0.6 is 0 Å². The predicted molar refractivity (Wildman–Crippen MR) is 70.9 cm³/mol. The van der Waals surface area contributed by atoms with Crippen molar-refractivity contribution in [3.05, 3.63) is 11.6 Å². The average Bonchev–Trinajstić information content (AvgIpc) is 3.20. The molecule has 3 heterocycles. The van der Waals surface area contributed by atoms with E-state index in [9.17, 15) is 0 Å². The zero-order valence-corrected chi connectivity index (χ0v) is 11.4. The normalized spacial score (nSPS) is 28.3. The topological polar surface area (TPSA) is 43.2 Å². The Morgan fingerprint density at radius 1 is 1.11 bits per heavy atom. The first-order valence-corrected chi connectivity index (χ1v) is 7.66. The van der Waals surface area contributed by atoms with Crippen molar-refractivity contribution in [3.8, 4) is 0 Å². The minimum absolute atomic E-state index is 0.436. The van der Waals surface area contributed by atoms with Gasteiger partial charge in [0.1, 0.15) is 11.6 Å². The fourth-order valence-corrected chi connectivity index (χ4v) is 3.27. The molecular formula is C14H22N4O. The maximum Gasteiger partial charge on any atom is 0.147 e. The molecule has 104 valence electrons. The highest BCUT2D eigenvalue weighted by Gasteiger charge is 2.32. The van der Waals surface area contributed by atoms with Crippen molar-refractivity contribution in [2.45, 2.75) is 57.2 Å². The van der Waals surface area contributed by atoms with Crippen LogP contribution in [0.15, 0.2) is 0 Å². The van der Waals surface area contributed by atoms with Crippen LogP contribution < -0.4 is 0 Å². The van der Waals surface area contributed by atoms with E-state index in [0.29, 0.717) is 12.0 Å². The van der Waals surface area contributed by atoms with Gasteiger partial charge in [-0.25, -0.2) is 0 Å². The third-order valence-corrected chi connectivity index (χ3v) is 4.54. The van der Waals surface area contributed by atoms with Crippen LogP contribution in [0.2, 0.25) is 0 Å². The van der Waals surface area contributed by atoms with Crippen LogP contribution in [0.25, 0.3) is 0 Å². The molecule has 5 nitrogen and oxygen atoms in total. The standard InChI is InChI=1S/C14H22N4O/c1-2-8-19-12(3-1)9-17-6-7-18-13(10-17)15-16-14(18)11-4-5-11/h11-12H,1-10H2/t12-/m1/s1. The van der Waals surface area contributed by atoms with E-state index in [2.05, 4.69) is 19.7 Å². The zero-order chi connectivity index (χ0) is 12.7. The molecule has 0 N–H and O–H groups in total. The van der Waals surface area contributed by atoms with Gasteiger partial charge in [0.2, 0.25) is 0 Å². The first-order valence-electron chi connectivity index (χ1n) is 7.66. The SMILES string of the molecule is C1CC[C@H](CN2CCn3c(nnc3C3CC3)C2)OC1. The largest absolute Gasteiger partial charge is 0.377 e. The Kier molecular flexibility index (Phi) is 3.04. The first kappa shape index (κ1) is 11.9. The average molecular weight is 262 g/mol. The van der Waals surface area contributed by atoms with Gasteiger partial charge in [-0.3, -0.25) is 4.90 Å². The number of nitrogens with zero attached hydrogens (tertiary/aromatic N) is 4. The summed E-state index contributed by atoms with van der Waals surface area (Å²) in [6.45, 7) is 5.12. The molecule has 19 heavy (non-hydrogen) atoms. The van der Waals surface area contributed by atoms with E-state index < -0.39 is 0 Å². The second-order valence-corrected chi connectivity index (χ2v) is 6.12. The van der Waals surface area contributed by atoms with Crippen molar-refractivity contribution < 1.29 is 4.74 Å². The molecule has 0 amide bonds. The Hall–Kier alpha value is -0.940. The van der Waals surface area contributed by atoms with E-state index in [1.165, 1.54) is 37.9 Å². The summed E-state index contributed by atoms with van der Waals surface area (Å²) in [6, 6.07) is 0. The maximum atomic E-state index is 5.84. The molecule has 4 rings (SSSR count). The van der Waals surface area contributed by atoms with Crippen molar-refractivity contribution in [2.75, 3.05) is 19.7 Å². The summed E-state index contributed by atoms with van der Waals surface area (Å²) in [5, 5.41) is 8.79. The van der Waals surface area contributed by atoms with Crippen molar-refractivity contribution in [1.29, 1.82) is 0 Å². The summed E-state index contributed by atoms with van der Waals surface area (Å²) in [5.41, 5.74) is 0. The minimum atomic E-state index is 0.436. The lowest BCUT2D eigenvalue weighted by Crippen LogP contribution is -2.40. The maximum absolute atomic E-state index is 5.84. The minimum Gasteiger partial charge on any atom is -0.377 e. The van der Waals surface area contributed by atoms with Crippen LogP contribution in [0.3, 0.4) is 0 Å². The van der Waals surface area contributed by atoms with Crippen molar-refractivity contribution >= 4 is 0 Å². The van der Waals surface area contributed by atoms with Crippen LogP contribution in [0.5, 0.6) is 0 Å². The summed E-state index contributed by atoms with van der Waals surface area (Å²) in [5.74, 6) is 3.10. The molecule has 1 aliphatic carbocycles. The molecule has 0 unspecified atom stereocenters. The molecule has 0 aromatic carbocycles. The van der Waals surface area contributed by atoms with Gasteiger partial charge in [-0.15, -0.1) is 10.2 Å². The van der Waals surface area contributed by atoms with Gasteiger partial charge in [0.15, 0.2) is 0 Å². The van der Waals surface area contributed by atoms with Crippen molar-refractivity contribution in [3.63, 3.8) is 0 Å². The Morgan fingerprint density at radius 2 is 2.05 bits per heavy atom. The molecule has 1 atom stereocenters. The Balaban J connectivity index is 1.41. The van der Waals surface area contributed by atoms with E-state index >= 15 is 0 Å². The van der Waals surface area contributed by atoms with Gasteiger partial charge < -0.3 is 9.30 Å². The smallest absolute Gasteiger partial charge is 0.147 e. The van der Waals surface area contributed by atoms with Gasteiger partial charge in [-0.2, -0.15) is 0 Å². The lowest BCUT2D eigenvalue weighted by Gasteiger charge is -2.32. The molecule has 0 radical (unpaired) electrons. The molecule has 2 fully saturated rings. The third kappa shape index (κ3) is 2.41. The summed E-state index contributed by atoms with van der Waals surface area (Å²) < 4.78 is 8.19. The van der Waals surface area contributed by atoms with Gasteiger partial charge in [0.25, 0.3) is 0 Å². The third-order valence-electron chi connectivity index (χ3n) is 4.54. The van der Waals surface area contributed by atoms with Crippen molar-refractivity contribution in [2.24, 2.45) is 0 Å². The van der Waals surface area contributed by atoms with Gasteiger partial charge in [-0.1, -0.05) is 0 Å². The quantitative estimate of drug-likeness (QED) is 0.829. The fraction of sp³-hybridized carbons (Fsp3) is 0.857. The summed E-state index contributed by atoms with van der Waals surface area (Å²) in [4.78, 5) is 2.48. The van der Waals surface area contributed by atoms with Crippen LogP contribution in [0.4, 0.5) is 0 Å². The van der Waals surface area contributed by atoms with Gasteiger partial charge in [0, 0.05) is 32.2 Å². The van der Waals surface area contributed by atoms with Gasteiger partial charge >= 0.3 is 0 Å². The molecule has 1 saturated heterocycles. The van der Waals surface area contributed by atoms with Crippen LogP contribution in [0.1, 0.15) is 49.7 Å². The Morgan fingerprint density at radius 3 is 2.84 bits per heavy atom. The molecule has 0 bridgehead atoms. The summed E-state index contributed by atoms with van der Waals surface area (Å²) >= 11 is 0. The van der Waals surface area contributed by atoms with Crippen LogP contribution in [-0.4, -0.2) is 45.5 Å². The summed E-state index contributed by atoms with van der Waals surface area (Å²) in [7, 11) is 0. The number of hydrogen-bond acceptors (Lipinski definition) is 4. The molecule has 0 spiro atoms. The molecule has 1 saturated carbocycles. The van der Waals surface area contributed by atoms with Crippen molar-refractivity contribution in [1.82, 2.24) is 19.7 Å². The monoisotopic (exact) mass is 262 g/mol. The molecule has 5 heteroatoms. The highest BCUT2D eigenvalue weighted by molar-refractivity contribution is 5.09. The fourth-order valence-electron chi connectivity index (χ4n) is 3.27. The van der Waals surface area contributed by atoms with Gasteiger partial charge in [0.05, 0.1) is 12.6 Å². The predicted octanol–water partition coefficient (Wildman–Crippen LogP) is 1.54.